The second kappa shape index (κ2) is 3.05. The number of rotatable bonds is 1. The lowest BCUT2D eigenvalue weighted by Crippen LogP contribution is -1.90. The molecule has 0 fully saturated rings. The highest BCUT2D eigenvalue weighted by Gasteiger charge is 2.01. The molecule has 1 aromatic rings. The number of hydrogen-bond donors (Lipinski definition) is 0. The smallest absolute Gasteiger partial charge is 0.215 e. The van der Waals surface area contributed by atoms with Crippen molar-refractivity contribution in [2.45, 2.75) is 5.33 Å². The highest BCUT2D eigenvalue weighted by molar-refractivity contribution is 9.08. The summed E-state index contributed by atoms with van der Waals surface area (Å²) in [6.45, 7) is 0. The topological polar surface area (TPSA) is 12.9 Å². The van der Waals surface area contributed by atoms with Crippen LogP contribution >= 0.6 is 15.9 Å². The highest BCUT2D eigenvalue weighted by Crippen LogP contribution is 2.09. The molecule has 4 heteroatoms. The fraction of sp³-hybridized carbons (Fsp3) is 0.167. The van der Waals surface area contributed by atoms with Crippen LogP contribution in [0.25, 0.3) is 0 Å². The molecule has 1 nitrogen and oxygen atoms in total. The monoisotopic (exact) mass is 207 g/mol. The van der Waals surface area contributed by atoms with Crippen LogP contribution < -0.4 is 0 Å². The molecule has 0 aliphatic rings. The van der Waals surface area contributed by atoms with Gasteiger partial charge in [0.15, 0.2) is 0 Å². The summed E-state index contributed by atoms with van der Waals surface area (Å²) in [5.74, 6) is -1.36. The van der Waals surface area contributed by atoms with E-state index in [1.165, 1.54) is 6.20 Å². The van der Waals surface area contributed by atoms with Crippen molar-refractivity contribution in [1.82, 2.24) is 4.98 Å². The molecule has 54 valence electrons. The van der Waals surface area contributed by atoms with Crippen molar-refractivity contribution in [3.63, 3.8) is 0 Å². The van der Waals surface area contributed by atoms with Crippen molar-refractivity contribution >= 4 is 15.9 Å². The molecule has 1 heterocycles. The Kier molecular flexibility index (Phi) is 2.32. The summed E-state index contributed by atoms with van der Waals surface area (Å²) >= 11 is 3.03. The summed E-state index contributed by atoms with van der Waals surface area (Å²) in [7, 11) is 0. The van der Waals surface area contributed by atoms with Crippen LogP contribution in [-0.4, -0.2) is 4.98 Å². The van der Waals surface area contributed by atoms with Crippen LogP contribution in [0, 0.1) is 11.8 Å². The minimum absolute atomic E-state index is 0.353. The SMILES string of the molecule is Fc1cc(F)c(CBr)cn1. The number of nitrogens with zero attached hydrogens (tertiary/aromatic N) is 1. The molecule has 0 N–H and O–H groups in total. The Morgan fingerprint density at radius 3 is 2.70 bits per heavy atom. The molecule has 0 radical (unpaired) electrons. The van der Waals surface area contributed by atoms with Gasteiger partial charge in [0.25, 0.3) is 0 Å². The molecular formula is C6H4BrF2N. The number of aromatic nitrogens is 1. The van der Waals surface area contributed by atoms with Crippen molar-refractivity contribution in [3.05, 3.63) is 29.6 Å². The van der Waals surface area contributed by atoms with Crippen molar-refractivity contribution in [2.75, 3.05) is 0 Å². The van der Waals surface area contributed by atoms with Gasteiger partial charge in [0, 0.05) is 23.2 Å². The quantitative estimate of drug-likeness (QED) is 0.509. The van der Waals surface area contributed by atoms with Crippen LogP contribution in [0.1, 0.15) is 5.56 Å². The van der Waals surface area contributed by atoms with E-state index in [0.717, 1.165) is 6.07 Å². The van der Waals surface area contributed by atoms with E-state index in [4.69, 9.17) is 0 Å². The maximum Gasteiger partial charge on any atom is 0.215 e. The van der Waals surface area contributed by atoms with Crippen LogP contribution in [-0.2, 0) is 5.33 Å². The first-order chi connectivity index (χ1) is 4.74. The summed E-state index contributed by atoms with van der Waals surface area (Å²) in [5.41, 5.74) is 0.362. The highest BCUT2D eigenvalue weighted by atomic mass is 79.9. The first-order valence-electron chi connectivity index (χ1n) is 2.60. The number of pyridine rings is 1. The lowest BCUT2D eigenvalue weighted by Gasteiger charge is -1.94. The molecule has 0 spiro atoms. The predicted octanol–water partition coefficient (Wildman–Crippen LogP) is 2.25. The largest absolute Gasteiger partial charge is 0.228 e. The third kappa shape index (κ3) is 1.50. The second-order valence-corrected chi connectivity index (χ2v) is 2.29. The summed E-state index contributed by atoms with van der Waals surface area (Å²) in [4.78, 5) is 3.27. The van der Waals surface area contributed by atoms with Gasteiger partial charge in [0.2, 0.25) is 5.95 Å². The van der Waals surface area contributed by atoms with E-state index in [-0.39, 0.29) is 0 Å². The first kappa shape index (κ1) is 7.60. The zero-order chi connectivity index (χ0) is 7.56. The maximum absolute atomic E-state index is 12.5. The van der Waals surface area contributed by atoms with Crippen molar-refractivity contribution in [1.29, 1.82) is 0 Å². The van der Waals surface area contributed by atoms with Gasteiger partial charge in [-0.25, -0.2) is 9.37 Å². The van der Waals surface area contributed by atoms with E-state index in [1.54, 1.807) is 0 Å². The zero-order valence-electron chi connectivity index (χ0n) is 4.94. The average Bonchev–Trinajstić information content (AvgIpc) is 1.88. The standard InChI is InChI=1S/C6H4BrF2N/c7-2-4-3-10-6(9)1-5(4)8/h1,3H,2H2. The Morgan fingerprint density at radius 1 is 1.50 bits per heavy atom. The normalized spacial score (nSPS) is 9.90. The molecule has 0 saturated heterocycles. The molecule has 0 unspecified atom stereocenters. The lowest BCUT2D eigenvalue weighted by molar-refractivity contribution is 0.546. The first-order valence-corrected chi connectivity index (χ1v) is 3.72. The van der Waals surface area contributed by atoms with E-state index in [2.05, 4.69) is 20.9 Å². The molecule has 0 bridgehead atoms. The van der Waals surface area contributed by atoms with Crippen LogP contribution in [0.2, 0.25) is 0 Å². The Labute approximate surface area is 65.2 Å². The van der Waals surface area contributed by atoms with E-state index in [0.29, 0.717) is 10.9 Å². The minimum Gasteiger partial charge on any atom is -0.228 e. The molecule has 0 saturated carbocycles. The molecule has 1 rings (SSSR count). The van der Waals surface area contributed by atoms with Gasteiger partial charge in [-0.1, -0.05) is 15.9 Å². The average molecular weight is 208 g/mol. The number of alkyl halides is 1. The van der Waals surface area contributed by atoms with Gasteiger partial charge in [0.05, 0.1) is 0 Å². The van der Waals surface area contributed by atoms with E-state index >= 15 is 0 Å². The third-order valence-corrected chi connectivity index (χ3v) is 1.64. The molecule has 0 amide bonds. The van der Waals surface area contributed by atoms with Gasteiger partial charge in [-0.3, -0.25) is 0 Å². The van der Waals surface area contributed by atoms with Gasteiger partial charge in [-0.2, -0.15) is 4.39 Å². The van der Waals surface area contributed by atoms with Crippen molar-refractivity contribution in [3.8, 4) is 0 Å². The minimum atomic E-state index is -0.790. The van der Waals surface area contributed by atoms with Gasteiger partial charge >= 0.3 is 0 Å². The van der Waals surface area contributed by atoms with E-state index in [1.807, 2.05) is 0 Å². The van der Waals surface area contributed by atoms with Crippen molar-refractivity contribution < 1.29 is 8.78 Å². The van der Waals surface area contributed by atoms with Crippen LogP contribution in [0.15, 0.2) is 12.3 Å². The van der Waals surface area contributed by atoms with Gasteiger partial charge in [0.1, 0.15) is 5.82 Å². The number of hydrogen-bond acceptors (Lipinski definition) is 1. The molecular weight excluding hydrogens is 204 g/mol. The Morgan fingerprint density at radius 2 is 2.20 bits per heavy atom. The predicted molar refractivity (Wildman–Crippen MR) is 36.8 cm³/mol. The van der Waals surface area contributed by atoms with Gasteiger partial charge in [-0.15, -0.1) is 0 Å². The fourth-order valence-corrected chi connectivity index (χ4v) is 0.947. The molecule has 0 aromatic carbocycles. The Balaban J connectivity index is 3.07. The third-order valence-electron chi connectivity index (χ3n) is 1.04. The molecule has 1 aromatic heterocycles. The fourth-order valence-electron chi connectivity index (χ4n) is 0.534. The summed E-state index contributed by atoms with van der Waals surface area (Å²) in [6, 6.07) is 0.761. The Hall–Kier alpha value is -0.510. The lowest BCUT2D eigenvalue weighted by atomic mass is 10.3. The maximum atomic E-state index is 12.5. The van der Waals surface area contributed by atoms with Crippen LogP contribution in [0.3, 0.4) is 0 Å². The van der Waals surface area contributed by atoms with E-state index in [9.17, 15) is 8.78 Å². The van der Waals surface area contributed by atoms with Gasteiger partial charge < -0.3 is 0 Å². The molecule has 0 atom stereocenters. The second-order valence-electron chi connectivity index (χ2n) is 1.73. The Bertz CT molecular complexity index is 239. The summed E-state index contributed by atoms with van der Waals surface area (Å²) < 4.78 is 24.7. The van der Waals surface area contributed by atoms with E-state index < -0.39 is 11.8 Å². The van der Waals surface area contributed by atoms with Gasteiger partial charge in [-0.05, 0) is 0 Å². The number of halogens is 3. The molecule has 10 heavy (non-hydrogen) atoms. The van der Waals surface area contributed by atoms with Crippen molar-refractivity contribution in [2.24, 2.45) is 0 Å². The molecule has 0 aliphatic heterocycles. The zero-order valence-corrected chi connectivity index (χ0v) is 6.53. The van der Waals surface area contributed by atoms with Crippen LogP contribution in [0.4, 0.5) is 8.78 Å². The molecule has 0 aliphatic carbocycles. The van der Waals surface area contributed by atoms with Crippen LogP contribution in [0.5, 0.6) is 0 Å². The summed E-state index contributed by atoms with van der Waals surface area (Å²) in [5, 5.41) is 0.353. The summed E-state index contributed by atoms with van der Waals surface area (Å²) in [6.07, 6.45) is 1.17.